The molecule has 0 aliphatic heterocycles. The number of anilines is 2. The lowest BCUT2D eigenvalue weighted by Crippen LogP contribution is -2.22. The lowest BCUT2D eigenvalue weighted by molar-refractivity contribution is 0.521. The van der Waals surface area contributed by atoms with Crippen LogP contribution in [0.3, 0.4) is 0 Å². The Morgan fingerprint density at radius 3 is 2.13 bits per heavy atom. The molecular weight excluding hydrogens is 308 g/mol. The molecule has 0 aliphatic carbocycles. The molecule has 0 aliphatic rings. The first-order chi connectivity index (χ1) is 11.0. The number of hydrogen-bond acceptors (Lipinski definition) is 3. The average Bonchev–Trinajstić information content (AvgIpc) is 2.55. The second-order valence-corrected chi connectivity index (χ2v) is 7.65. The van der Waals surface area contributed by atoms with Crippen molar-refractivity contribution in [2.75, 3.05) is 19.4 Å². The quantitative estimate of drug-likeness (QED) is 0.792. The van der Waals surface area contributed by atoms with E-state index in [2.05, 4.69) is 5.32 Å². The van der Waals surface area contributed by atoms with Crippen LogP contribution in [0.15, 0.2) is 71.6 Å². The van der Waals surface area contributed by atoms with Gasteiger partial charge in [0.05, 0.1) is 4.90 Å². The van der Waals surface area contributed by atoms with Gasteiger partial charge in [-0.3, -0.25) is 0 Å². The Hall–Kier alpha value is -2.37. The van der Waals surface area contributed by atoms with E-state index in [1.165, 1.54) is 18.4 Å². The largest absolute Gasteiger partial charge is 0.356 e. The molecule has 3 aromatic carbocycles. The van der Waals surface area contributed by atoms with Gasteiger partial charge in [0.2, 0.25) is 10.0 Å². The van der Waals surface area contributed by atoms with Crippen LogP contribution in [0.5, 0.6) is 0 Å². The summed E-state index contributed by atoms with van der Waals surface area (Å²) >= 11 is 0. The van der Waals surface area contributed by atoms with E-state index in [0.717, 1.165) is 22.1 Å². The molecule has 0 fully saturated rings. The lowest BCUT2D eigenvalue weighted by atomic mass is 10.1. The highest BCUT2D eigenvalue weighted by Gasteiger charge is 2.17. The summed E-state index contributed by atoms with van der Waals surface area (Å²) < 4.78 is 25.6. The Morgan fingerprint density at radius 1 is 0.783 bits per heavy atom. The molecule has 0 saturated heterocycles. The predicted molar refractivity (Wildman–Crippen MR) is 94.5 cm³/mol. The van der Waals surface area contributed by atoms with Crippen LogP contribution in [-0.4, -0.2) is 26.8 Å². The minimum Gasteiger partial charge on any atom is -0.356 e. The Labute approximate surface area is 136 Å². The summed E-state index contributed by atoms with van der Waals surface area (Å²) in [6, 6.07) is 21.0. The molecule has 0 radical (unpaired) electrons. The first-order valence-electron chi connectivity index (χ1n) is 7.25. The van der Waals surface area contributed by atoms with Crippen molar-refractivity contribution in [1.82, 2.24) is 4.31 Å². The Balaban J connectivity index is 1.96. The minimum absolute atomic E-state index is 0.304. The second-order valence-electron chi connectivity index (χ2n) is 5.50. The molecule has 0 spiro atoms. The van der Waals surface area contributed by atoms with Crippen molar-refractivity contribution in [2.45, 2.75) is 4.90 Å². The SMILES string of the molecule is CN(C)S(=O)(=O)c1ccc2cc(Nc3ccccc3)ccc2c1. The number of sulfonamides is 1. The van der Waals surface area contributed by atoms with Crippen molar-refractivity contribution in [1.29, 1.82) is 0 Å². The van der Waals surface area contributed by atoms with Crippen LogP contribution in [0.4, 0.5) is 11.4 Å². The number of nitrogens with one attached hydrogen (secondary N) is 1. The maximum atomic E-state index is 12.2. The summed E-state index contributed by atoms with van der Waals surface area (Å²) in [5.74, 6) is 0. The van der Waals surface area contributed by atoms with Crippen LogP contribution in [0.2, 0.25) is 0 Å². The van der Waals surface area contributed by atoms with Gasteiger partial charge in [-0.1, -0.05) is 30.3 Å². The standard InChI is InChI=1S/C18H18N2O2S/c1-20(2)23(21,22)18-11-9-14-12-17(10-8-15(14)13-18)19-16-6-4-3-5-7-16/h3-13,19H,1-2H3. The first-order valence-corrected chi connectivity index (χ1v) is 8.69. The zero-order valence-corrected chi connectivity index (χ0v) is 13.8. The van der Waals surface area contributed by atoms with Gasteiger partial charge in [0, 0.05) is 25.5 Å². The Bertz CT molecular complexity index is 936. The van der Waals surface area contributed by atoms with Gasteiger partial charge in [-0.25, -0.2) is 12.7 Å². The Morgan fingerprint density at radius 2 is 1.43 bits per heavy atom. The van der Waals surface area contributed by atoms with E-state index in [-0.39, 0.29) is 0 Å². The number of fused-ring (bicyclic) bond motifs is 1. The van der Waals surface area contributed by atoms with Crippen LogP contribution in [0, 0.1) is 0 Å². The van der Waals surface area contributed by atoms with Gasteiger partial charge in [0.25, 0.3) is 0 Å². The minimum atomic E-state index is -3.41. The van der Waals surface area contributed by atoms with Crippen molar-refractivity contribution < 1.29 is 8.42 Å². The summed E-state index contributed by atoms with van der Waals surface area (Å²) in [4.78, 5) is 0.304. The van der Waals surface area contributed by atoms with Crippen molar-refractivity contribution in [3.63, 3.8) is 0 Å². The number of benzene rings is 3. The van der Waals surface area contributed by atoms with Crippen LogP contribution >= 0.6 is 0 Å². The van der Waals surface area contributed by atoms with Gasteiger partial charge in [-0.15, -0.1) is 0 Å². The molecule has 0 atom stereocenters. The topological polar surface area (TPSA) is 49.4 Å². The van der Waals surface area contributed by atoms with E-state index in [1.807, 2.05) is 54.6 Å². The predicted octanol–water partition coefficient (Wildman–Crippen LogP) is 3.83. The smallest absolute Gasteiger partial charge is 0.242 e. The normalized spacial score (nSPS) is 11.8. The molecular formula is C18H18N2O2S. The Kier molecular flexibility index (Phi) is 4.07. The van der Waals surface area contributed by atoms with E-state index in [1.54, 1.807) is 12.1 Å². The third-order valence-corrected chi connectivity index (χ3v) is 5.46. The molecule has 0 heterocycles. The molecule has 0 unspecified atom stereocenters. The van der Waals surface area contributed by atoms with Crippen LogP contribution in [0.1, 0.15) is 0 Å². The zero-order valence-electron chi connectivity index (χ0n) is 13.0. The molecule has 4 nitrogen and oxygen atoms in total. The highest BCUT2D eigenvalue weighted by Crippen LogP contribution is 2.25. The summed E-state index contributed by atoms with van der Waals surface area (Å²) in [7, 11) is -0.341. The van der Waals surface area contributed by atoms with E-state index >= 15 is 0 Å². The first kappa shape index (κ1) is 15.5. The fraction of sp³-hybridized carbons (Fsp3) is 0.111. The van der Waals surface area contributed by atoms with Gasteiger partial charge in [0.1, 0.15) is 0 Å². The maximum absolute atomic E-state index is 12.2. The molecule has 23 heavy (non-hydrogen) atoms. The molecule has 0 amide bonds. The van der Waals surface area contributed by atoms with Crippen molar-refractivity contribution in [3.05, 3.63) is 66.7 Å². The average molecular weight is 326 g/mol. The van der Waals surface area contributed by atoms with Gasteiger partial charge >= 0.3 is 0 Å². The van der Waals surface area contributed by atoms with E-state index in [0.29, 0.717) is 4.90 Å². The summed E-state index contributed by atoms with van der Waals surface area (Å²) in [6.07, 6.45) is 0. The summed E-state index contributed by atoms with van der Waals surface area (Å²) in [5.41, 5.74) is 1.98. The maximum Gasteiger partial charge on any atom is 0.242 e. The van der Waals surface area contributed by atoms with Crippen LogP contribution in [0.25, 0.3) is 10.8 Å². The molecule has 0 saturated carbocycles. The van der Waals surface area contributed by atoms with Gasteiger partial charge in [-0.2, -0.15) is 0 Å². The summed E-state index contributed by atoms with van der Waals surface area (Å²) in [5, 5.41) is 5.22. The van der Waals surface area contributed by atoms with Gasteiger partial charge in [0.15, 0.2) is 0 Å². The van der Waals surface area contributed by atoms with Crippen molar-refractivity contribution >= 4 is 32.2 Å². The van der Waals surface area contributed by atoms with E-state index in [4.69, 9.17) is 0 Å². The molecule has 3 aromatic rings. The van der Waals surface area contributed by atoms with Gasteiger partial charge < -0.3 is 5.32 Å². The zero-order chi connectivity index (χ0) is 16.4. The number of nitrogens with zero attached hydrogens (tertiary/aromatic N) is 1. The lowest BCUT2D eigenvalue weighted by Gasteiger charge is -2.12. The third kappa shape index (κ3) is 3.21. The van der Waals surface area contributed by atoms with Gasteiger partial charge in [-0.05, 0) is 47.2 Å². The number of hydrogen-bond donors (Lipinski definition) is 1. The summed E-state index contributed by atoms with van der Waals surface area (Å²) in [6.45, 7) is 0. The highest BCUT2D eigenvalue weighted by molar-refractivity contribution is 7.89. The van der Waals surface area contributed by atoms with E-state index < -0.39 is 10.0 Å². The molecule has 1 N–H and O–H groups in total. The number of rotatable bonds is 4. The third-order valence-electron chi connectivity index (χ3n) is 3.65. The fourth-order valence-electron chi connectivity index (χ4n) is 2.36. The van der Waals surface area contributed by atoms with E-state index in [9.17, 15) is 8.42 Å². The number of para-hydroxylation sites is 1. The molecule has 0 aromatic heterocycles. The van der Waals surface area contributed by atoms with Crippen molar-refractivity contribution in [3.8, 4) is 0 Å². The molecule has 3 rings (SSSR count). The van der Waals surface area contributed by atoms with Crippen molar-refractivity contribution in [2.24, 2.45) is 0 Å². The van der Waals surface area contributed by atoms with Crippen LogP contribution < -0.4 is 5.32 Å². The molecule has 118 valence electrons. The van der Waals surface area contributed by atoms with Crippen LogP contribution in [-0.2, 0) is 10.0 Å². The fourth-order valence-corrected chi connectivity index (χ4v) is 3.30. The highest BCUT2D eigenvalue weighted by atomic mass is 32.2. The second kappa shape index (κ2) is 6.02. The monoisotopic (exact) mass is 326 g/mol. The molecule has 5 heteroatoms. The molecule has 0 bridgehead atoms.